The number of methoxy groups -OCH3 is 1. The van der Waals surface area contributed by atoms with Crippen molar-refractivity contribution in [2.75, 3.05) is 7.11 Å². The molecule has 0 fully saturated rings. The topological polar surface area (TPSA) is 66.2 Å². The molecule has 3 aromatic heterocycles. The predicted molar refractivity (Wildman–Crippen MR) is 106 cm³/mol. The summed E-state index contributed by atoms with van der Waals surface area (Å²) >= 11 is 5.93. The van der Waals surface area contributed by atoms with Crippen molar-refractivity contribution in [2.24, 2.45) is 0 Å². The standard InChI is InChI=1S/C18H14ClF2N3O3.C2H6/c1-10-3-12(27-9-14-13(21)4-11(20)7-22-14)5-18(25)24(10)15-6-17(19)23-8-16(15)26-2;1-2/h3-8H,9H2,1-2H3;1-2H3. The normalized spacial score (nSPS) is 10.2. The zero-order chi connectivity index (χ0) is 21.6. The number of rotatable bonds is 5. The van der Waals surface area contributed by atoms with Crippen LogP contribution in [-0.2, 0) is 6.61 Å². The van der Waals surface area contributed by atoms with Crippen molar-refractivity contribution < 1.29 is 18.3 Å². The van der Waals surface area contributed by atoms with E-state index in [1.165, 1.54) is 30.0 Å². The lowest BCUT2D eigenvalue weighted by Crippen LogP contribution is -2.21. The van der Waals surface area contributed by atoms with Gasteiger partial charge in [-0.25, -0.2) is 13.8 Å². The number of nitrogens with zero attached hydrogens (tertiary/aromatic N) is 3. The Morgan fingerprint density at radius 2 is 1.83 bits per heavy atom. The van der Waals surface area contributed by atoms with Gasteiger partial charge in [0, 0.05) is 30.0 Å². The molecule has 154 valence electrons. The molecule has 6 nitrogen and oxygen atoms in total. The molecular weight excluding hydrogens is 404 g/mol. The van der Waals surface area contributed by atoms with Gasteiger partial charge in [-0.15, -0.1) is 0 Å². The van der Waals surface area contributed by atoms with Gasteiger partial charge in [0.1, 0.15) is 29.0 Å². The van der Waals surface area contributed by atoms with Crippen LogP contribution >= 0.6 is 11.6 Å². The van der Waals surface area contributed by atoms with Crippen LogP contribution in [0.15, 0.2) is 41.5 Å². The van der Waals surface area contributed by atoms with Crippen molar-refractivity contribution in [2.45, 2.75) is 27.4 Å². The highest BCUT2D eigenvalue weighted by Gasteiger charge is 2.13. The first-order chi connectivity index (χ1) is 13.9. The van der Waals surface area contributed by atoms with Gasteiger partial charge in [0.25, 0.3) is 5.56 Å². The van der Waals surface area contributed by atoms with Crippen molar-refractivity contribution in [3.63, 3.8) is 0 Å². The van der Waals surface area contributed by atoms with Crippen LogP contribution in [0.3, 0.4) is 0 Å². The molecule has 0 bridgehead atoms. The number of hydrogen-bond donors (Lipinski definition) is 0. The second kappa shape index (κ2) is 9.97. The van der Waals surface area contributed by atoms with E-state index in [2.05, 4.69) is 9.97 Å². The number of aromatic nitrogens is 3. The summed E-state index contributed by atoms with van der Waals surface area (Å²) in [7, 11) is 1.45. The number of hydrogen-bond acceptors (Lipinski definition) is 5. The molecule has 0 N–H and O–H groups in total. The van der Waals surface area contributed by atoms with Crippen LogP contribution < -0.4 is 15.0 Å². The van der Waals surface area contributed by atoms with E-state index < -0.39 is 17.2 Å². The number of halogens is 3. The summed E-state index contributed by atoms with van der Waals surface area (Å²) in [5.41, 5.74) is 0.488. The Morgan fingerprint density at radius 1 is 1.10 bits per heavy atom. The molecule has 0 amide bonds. The lowest BCUT2D eigenvalue weighted by molar-refractivity contribution is 0.292. The third-order valence-corrected chi connectivity index (χ3v) is 3.93. The van der Waals surface area contributed by atoms with Crippen molar-refractivity contribution in [1.82, 2.24) is 14.5 Å². The lowest BCUT2D eigenvalue weighted by atomic mass is 10.3. The van der Waals surface area contributed by atoms with Gasteiger partial charge in [0.05, 0.1) is 25.2 Å². The van der Waals surface area contributed by atoms with Crippen LogP contribution in [0.25, 0.3) is 5.69 Å². The number of ether oxygens (including phenoxy) is 2. The van der Waals surface area contributed by atoms with E-state index >= 15 is 0 Å². The highest BCUT2D eigenvalue weighted by Crippen LogP contribution is 2.25. The molecule has 3 heterocycles. The molecule has 3 aromatic rings. The third kappa shape index (κ3) is 5.29. The molecule has 0 aliphatic carbocycles. The van der Waals surface area contributed by atoms with Gasteiger partial charge in [-0.3, -0.25) is 14.3 Å². The van der Waals surface area contributed by atoms with Crippen LogP contribution in [0.5, 0.6) is 11.5 Å². The van der Waals surface area contributed by atoms with E-state index in [0.29, 0.717) is 23.2 Å². The minimum atomic E-state index is -0.823. The van der Waals surface area contributed by atoms with Crippen molar-refractivity contribution >= 4 is 11.6 Å². The fourth-order valence-corrected chi connectivity index (χ4v) is 2.66. The van der Waals surface area contributed by atoms with Gasteiger partial charge >= 0.3 is 0 Å². The highest BCUT2D eigenvalue weighted by molar-refractivity contribution is 6.29. The molecule has 0 atom stereocenters. The minimum absolute atomic E-state index is 0.0687. The summed E-state index contributed by atoms with van der Waals surface area (Å²) in [6.07, 6.45) is 2.31. The quantitative estimate of drug-likeness (QED) is 0.566. The largest absolute Gasteiger partial charge is 0.493 e. The molecule has 9 heteroatoms. The Bertz CT molecular complexity index is 1060. The van der Waals surface area contributed by atoms with Crippen LogP contribution in [0.2, 0.25) is 5.15 Å². The molecule has 0 radical (unpaired) electrons. The van der Waals surface area contributed by atoms with Crippen LogP contribution in [0, 0.1) is 18.6 Å². The fourth-order valence-electron chi connectivity index (χ4n) is 2.50. The fraction of sp³-hybridized carbons (Fsp3) is 0.250. The first-order valence-electron chi connectivity index (χ1n) is 8.75. The molecule has 0 saturated heterocycles. The Morgan fingerprint density at radius 3 is 2.45 bits per heavy atom. The number of aryl methyl sites for hydroxylation is 1. The van der Waals surface area contributed by atoms with E-state index in [9.17, 15) is 13.6 Å². The summed E-state index contributed by atoms with van der Waals surface area (Å²) in [6.45, 7) is 5.44. The first kappa shape index (κ1) is 22.3. The van der Waals surface area contributed by atoms with E-state index in [1.54, 1.807) is 13.0 Å². The van der Waals surface area contributed by atoms with E-state index in [4.69, 9.17) is 21.1 Å². The minimum Gasteiger partial charge on any atom is -0.493 e. The Labute approximate surface area is 171 Å². The molecule has 0 aromatic carbocycles. The van der Waals surface area contributed by atoms with Crippen LogP contribution in [0.4, 0.5) is 8.78 Å². The molecule has 0 unspecified atom stereocenters. The third-order valence-electron chi connectivity index (χ3n) is 3.72. The number of pyridine rings is 3. The highest BCUT2D eigenvalue weighted by atomic mass is 35.5. The average molecular weight is 424 g/mol. The maximum absolute atomic E-state index is 13.6. The van der Waals surface area contributed by atoms with Crippen molar-refractivity contribution in [3.8, 4) is 17.2 Å². The Balaban J connectivity index is 0.00000145. The smallest absolute Gasteiger partial charge is 0.259 e. The maximum Gasteiger partial charge on any atom is 0.259 e. The molecule has 0 saturated carbocycles. The first-order valence-corrected chi connectivity index (χ1v) is 9.13. The zero-order valence-corrected chi connectivity index (χ0v) is 17.1. The van der Waals surface area contributed by atoms with Gasteiger partial charge in [-0.2, -0.15) is 0 Å². The van der Waals surface area contributed by atoms with Crippen LogP contribution in [0.1, 0.15) is 25.2 Å². The molecular formula is C20H20ClF2N3O3. The summed E-state index contributed by atoms with van der Waals surface area (Å²) in [4.78, 5) is 20.1. The SMILES string of the molecule is CC.COc1cnc(Cl)cc1-n1c(C)cc(OCc2ncc(F)cc2F)cc1=O. The molecule has 3 rings (SSSR count). The summed E-state index contributed by atoms with van der Waals surface area (Å²) in [5.74, 6) is -1.01. The summed E-state index contributed by atoms with van der Waals surface area (Å²) in [5, 5.41) is 0.204. The second-order valence-electron chi connectivity index (χ2n) is 5.56. The monoisotopic (exact) mass is 423 g/mol. The van der Waals surface area contributed by atoms with Crippen LogP contribution in [-0.4, -0.2) is 21.6 Å². The van der Waals surface area contributed by atoms with Gasteiger partial charge in [0.15, 0.2) is 11.6 Å². The van der Waals surface area contributed by atoms with Gasteiger partial charge in [-0.1, -0.05) is 25.4 Å². The summed E-state index contributed by atoms with van der Waals surface area (Å²) < 4.78 is 38.6. The van der Waals surface area contributed by atoms with Gasteiger partial charge < -0.3 is 9.47 Å². The van der Waals surface area contributed by atoms with Gasteiger partial charge in [-0.05, 0) is 6.92 Å². The summed E-state index contributed by atoms with van der Waals surface area (Å²) in [6, 6.07) is 5.06. The Kier molecular flexibility index (Phi) is 7.67. The predicted octanol–water partition coefficient (Wildman–Crippen LogP) is 4.48. The lowest BCUT2D eigenvalue weighted by Gasteiger charge is -2.15. The molecule has 29 heavy (non-hydrogen) atoms. The molecule has 0 aliphatic heterocycles. The van der Waals surface area contributed by atoms with Gasteiger partial charge in [0.2, 0.25) is 0 Å². The average Bonchev–Trinajstić information content (AvgIpc) is 2.68. The molecule has 0 spiro atoms. The maximum atomic E-state index is 13.6. The molecule has 0 aliphatic rings. The van der Waals surface area contributed by atoms with Crippen molar-refractivity contribution in [3.05, 3.63) is 75.2 Å². The van der Waals surface area contributed by atoms with E-state index in [1.807, 2.05) is 13.8 Å². The zero-order valence-electron chi connectivity index (χ0n) is 16.4. The second-order valence-corrected chi connectivity index (χ2v) is 5.94. The Hall–Kier alpha value is -3.00. The van der Waals surface area contributed by atoms with Crippen molar-refractivity contribution in [1.29, 1.82) is 0 Å². The van der Waals surface area contributed by atoms with E-state index in [-0.39, 0.29) is 23.2 Å². The van der Waals surface area contributed by atoms with E-state index in [0.717, 1.165) is 6.20 Å².